The molecular weight excluding hydrogens is 366 g/mol. The lowest BCUT2D eigenvalue weighted by molar-refractivity contribution is -0.122. The van der Waals surface area contributed by atoms with Gasteiger partial charge in [0.15, 0.2) is 11.5 Å². The number of nitrogens with one attached hydrogen (secondary N) is 1. The molecule has 2 aromatic carbocycles. The maximum atomic E-state index is 12.5. The first-order chi connectivity index (χ1) is 14.2. The van der Waals surface area contributed by atoms with Crippen LogP contribution in [-0.2, 0) is 11.3 Å². The Bertz CT molecular complexity index is 1120. The molecule has 0 saturated heterocycles. The van der Waals surface area contributed by atoms with Gasteiger partial charge in [-0.05, 0) is 48.9 Å². The number of methoxy groups -OCH3 is 1. The Morgan fingerprint density at radius 3 is 2.52 bits per heavy atom. The van der Waals surface area contributed by atoms with Crippen molar-refractivity contribution in [3.8, 4) is 17.0 Å². The number of aromatic nitrogens is 4. The summed E-state index contributed by atoms with van der Waals surface area (Å²) in [6, 6.07) is 21.1. The van der Waals surface area contributed by atoms with Crippen LogP contribution in [0.4, 0.5) is 0 Å². The molecule has 0 fully saturated rings. The maximum absolute atomic E-state index is 12.5. The molecule has 0 radical (unpaired) electrons. The fourth-order valence-corrected chi connectivity index (χ4v) is 3.07. The number of carbonyl (C=O) groups is 1. The zero-order valence-corrected chi connectivity index (χ0v) is 16.2. The predicted molar refractivity (Wildman–Crippen MR) is 109 cm³/mol. The Labute approximate surface area is 168 Å². The molecule has 7 nitrogen and oxygen atoms in total. The molecule has 7 heteroatoms. The summed E-state index contributed by atoms with van der Waals surface area (Å²) >= 11 is 0. The van der Waals surface area contributed by atoms with Gasteiger partial charge in [-0.2, -0.15) is 9.61 Å². The van der Waals surface area contributed by atoms with E-state index in [9.17, 15) is 4.79 Å². The molecule has 4 aromatic rings. The maximum Gasteiger partial charge on any atom is 0.227 e. The molecule has 146 valence electrons. The first-order valence-electron chi connectivity index (χ1n) is 9.34. The first-order valence-corrected chi connectivity index (χ1v) is 9.34. The van der Waals surface area contributed by atoms with Crippen LogP contribution in [0.2, 0.25) is 0 Å². The van der Waals surface area contributed by atoms with Crippen molar-refractivity contribution in [1.29, 1.82) is 0 Å². The number of fused-ring (bicyclic) bond motifs is 1. The van der Waals surface area contributed by atoms with Crippen molar-refractivity contribution in [3.05, 3.63) is 78.1 Å². The fourth-order valence-electron chi connectivity index (χ4n) is 3.07. The summed E-state index contributed by atoms with van der Waals surface area (Å²) in [6.45, 7) is 2.13. The highest BCUT2D eigenvalue weighted by molar-refractivity contribution is 5.83. The molecule has 0 aliphatic carbocycles. The number of benzene rings is 2. The second-order valence-corrected chi connectivity index (χ2v) is 6.68. The van der Waals surface area contributed by atoms with E-state index in [1.807, 2.05) is 73.7 Å². The number of rotatable bonds is 6. The summed E-state index contributed by atoms with van der Waals surface area (Å²) in [5.41, 5.74) is 3.33. The third-order valence-corrected chi connectivity index (χ3v) is 4.83. The van der Waals surface area contributed by atoms with Crippen LogP contribution in [0.25, 0.3) is 16.9 Å². The minimum Gasteiger partial charge on any atom is -0.497 e. The summed E-state index contributed by atoms with van der Waals surface area (Å²) in [7, 11) is 1.63. The minimum absolute atomic E-state index is 0.0701. The fraction of sp³-hybridized carbons (Fsp3) is 0.182. The van der Waals surface area contributed by atoms with Crippen LogP contribution in [0.1, 0.15) is 24.2 Å². The van der Waals surface area contributed by atoms with E-state index in [0.717, 1.165) is 22.6 Å². The summed E-state index contributed by atoms with van der Waals surface area (Å²) in [4.78, 5) is 12.5. The van der Waals surface area contributed by atoms with Crippen molar-refractivity contribution >= 4 is 11.6 Å². The van der Waals surface area contributed by atoms with Crippen molar-refractivity contribution < 1.29 is 9.53 Å². The van der Waals surface area contributed by atoms with Gasteiger partial charge in [0.2, 0.25) is 5.91 Å². The van der Waals surface area contributed by atoms with Gasteiger partial charge in [-0.3, -0.25) is 4.79 Å². The van der Waals surface area contributed by atoms with Crippen LogP contribution in [0.15, 0.2) is 66.7 Å². The molecule has 4 rings (SSSR count). The molecule has 0 aliphatic rings. The van der Waals surface area contributed by atoms with Crippen LogP contribution in [0, 0.1) is 0 Å². The van der Waals surface area contributed by atoms with Gasteiger partial charge in [0.1, 0.15) is 5.75 Å². The normalized spacial score (nSPS) is 11.9. The van der Waals surface area contributed by atoms with Gasteiger partial charge in [0.05, 0.1) is 25.3 Å². The number of ether oxygens (including phenoxy) is 1. The van der Waals surface area contributed by atoms with Crippen LogP contribution in [0.3, 0.4) is 0 Å². The monoisotopic (exact) mass is 387 g/mol. The third kappa shape index (κ3) is 3.94. The zero-order valence-electron chi connectivity index (χ0n) is 16.2. The van der Waals surface area contributed by atoms with Crippen molar-refractivity contribution in [3.63, 3.8) is 0 Å². The molecule has 0 saturated carbocycles. The average molecular weight is 387 g/mol. The standard InChI is InChI=1S/C22H21N5O2/c1-15(16-6-4-3-5-7-16)22(28)23-14-21-25-24-20-13-12-19(26-27(20)21)17-8-10-18(29-2)11-9-17/h3-13,15H,14H2,1-2H3,(H,23,28)/t15-/m1/s1. The Kier molecular flexibility index (Phi) is 5.20. The van der Waals surface area contributed by atoms with E-state index in [1.54, 1.807) is 11.6 Å². The lowest BCUT2D eigenvalue weighted by Crippen LogP contribution is -2.28. The highest BCUT2D eigenvalue weighted by atomic mass is 16.5. The summed E-state index contributed by atoms with van der Waals surface area (Å²) in [5, 5.41) is 15.9. The highest BCUT2D eigenvalue weighted by Crippen LogP contribution is 2.21. The second kappa shape index (κ2) is 8.10. The van der Waals surface area contributed by atoms with Gasteiger partial charge in [-0.1, -0.05) is 30.3 Å². The van der Waals surface area contributed by atoms with Gasteiger partial charge in [-0.25, -0.2) is 0 Å². The quantitative estimate of drug-likeness (QED) is 0.549. The topological polar surface area (TPSA) is 81.4 Å². The molecule has 2 heterocycles. The lowest BCUT2D eigenvalue weighted by Gasteiger charge is -2.12. The average Bonchev–Trinajstić information content (AvgIpc) is 3.19. The van der Waals surface area contributed by atoms with E-state index >= 15 is 0 Å². The van der Waals surface area contributed by atoms with E-state index in [2.05, 4.69) is 20.6 Å². The molecule has 0 aliphatic heterocycles. The predicted octanol–water partition coefficient (Wildman–Crippen LogP) is 3.22. The second-order valence-electron chi connectivity index (χ2n) is 6.68. The van der Waals surface area contributed by atoms with E-state index in [1.165, 1.54) is 0 Å². The van der Waals surface area contributed by atoms with Gasteiger partial charge < -0.3 is 10.1 Å². The van der Waals surface area contributed by atoms with Gasteiger partial charge in [-0.15, -0.1) is 10.2 Å². The minimum atomic E-state index is -0.252. The Morgan fingerprint density at radius 2 is 1.79 bits per heavy atom. The number of carbonyl (C=O) groups excluding carboxylic acids is 1. The third-order valence-electron chi connectivity index (χ3n) is 4.83. The van der Waals surface area contributed by atoms with Crippen molar-refractivity contribution in [2.24, 2.45) is 0 Å². The number of hydrogen-bond acceptors (Lipinski definition) is 5. The smallest absolute Gasteiger partial charge is 0.227 e. The molecule has 1 amide bonds. The zero-order chi connectivity index (χ0) is 20.2. The number of hydrogen-bond donors (Lipinski definition) is 1. The van der Waals surface area contributed by atoms with Crippen molar-refractivity contribution in [1.82, 2.24) is 25.1 Å². The van der Waals surface area contributed by atoms with E-state index in [4.69, 9.17) is 4.74 Å². The van der Waals surface area contributed by atoms with Crippen molar-refractivity contribution in [2.75, 3.05) is 7.11 Å². The van der Waals surface area contributed by atoms with Gasteiger partial charge >= 0.3 is 0 Å². The molecule has 0 unspecified atom stereocenters. The Morgan fingerprint density at radius 1 is 1.03 bits per heavy atom. The summed E-state index contributed by atoms with van der Waals surface area (Å²) < 4.78 is 6.86. The van der Waals surface area contributed by atoms with Crippen molar-refractivity contribution in [2.45, 2.75) is 19.4 Å². The number of nitrogens with zero attached hydrogens (tertiary/aromatic N) is 4. The van der Waals surface area contributed by atoms with E-state index < -0.39 is 0 Å². The summed E-state index contributed by atoms with van der Waals surface area (Å²) in [6.07, 6.45) is 0. The molecular formula is C22H21N5O2. The SMILES string of the molecule is COc1ccc(-c2ccc3nnc(CNC(=O)[C@H](C)c4ccccc4)n3n2)cc1. The first kappa shape index (κ1) is 18.6. The Hall–Kier alpha value is -3.74. The molecule has 2 aromatic heterocycles. The summed E-state index contributed by atoms with van der Waals surface area (Å²) in [5.74, 6) is 1.04. The molecule has 1 N–H and O–H groups in total. The molecule has 1 atom stereocenters. The molecule has 0 spiro atoms. The number of amides is 1. The van der Waals surface area contributed by atoms with E-state index in [-0.39, 0.29) is 18.4 Å². The van der Waals surface area contributed by atoms with Gasteiger partial charge in [0.25, 0.3) is 0 Å². The van der Waals surface area contributed by atoms with Gasteiger partial charge in [0, 0.05) is 5.56 Å². The van der Waals surface area contributed by atoms with Crippen LogP contribution in [-0.4, -0.2) is 32.8 Å². The largest absolute Gasteiger partial charge is 0.497 e. The van der Waals surface area contributed by atoms with E-state index in [0.29, 0.717) is 11.5 Å². The lowest BCUT2D eigenvalue weighted by atomic mass is 10.0. The molecule has 0 bridgehead atoms. The Balaban J connectivity index is 1.52. The van der Waals surface area contributed by atoms with Crippen LogP contribution in [0.5, 0.6) is 5.75 Å². The van der Waals surface area contributed by atoms with Crippen LogP contribution >= 0.6 is 0 Å². The van der Waals surface area contributed by atoms with Crippen LogP contribution < -0.4 is 10.1 Å². The highest BCUT2D eigenvalue weighted by Gasteiger charge is 2.16. The molecule has 29 heavy (non-hydrogen) atoms.